The second kappa shape index (κ2) is 11.8. The average molecular weight is 578 g/mol. The number of ether oxygens (including phenoxy) is 2. The largest absolute Gasteiger partial charge is 0.497 e. The van der Waals surface area contributed by atoms with Gasteiger partial charge in [0.2, 0.25) is 5.95 Å². The van der Waals surface area contributed by atoms with Gasteiger partial charge in [-0.3, -0.25) is 9.52 Å². The third-order valence-electron chi connectivity index (χ3n) is 5.27. The smallest absolute Gasteiger partial charge is 0.435 e. The van der Waals surface area contributed by atoms with Crippen LogP contribution in [-0.2, 0) is 6.18 Å². The van der Waals surface area contributed by atoms with Gasteiger partial charge in [0, 0.05) is 59.9 Å². The van der Waals surface area contributed by atoms with Gasteiger partial charge in [-0.1, -0.05) is 11.9 Å². The van der Waals surface area contributed by atoms with Gasteiger partial charge in [-0.25, -0.2) is 14.6 Å². The van der Waals surface area contributed by atoms with E-state index in [0.717, 1.165) is 28.9 Å². The van der Waals surface area contributed by atoms with Crippen molar-refractivity contribution in [2.24, 2.45) is 0 Å². The molecule has 204 valence electrons. The number of nitrogens with zero attached hydrogens (tertiary/aromatic N) is 5. The monoisotopic (exact) mass is 577 g/mol. The molecule has 0 fully saturated rings. The number of anilines is 2. The maximum atomic E-state index is 13.3. The number of alkyl halides is 3. The van der Waals surface area contributed by atoms with Crippen LogP contribution in [0, 0.1) is 0 Å². The second-order valence-electron chi connectivity index (χ2n) is 7.72. The molecule has 3 heterocycles. The van der Waals surface area contributed by atoms with E-state index in [1.54, 1.807) is 36.8 Å². The van der Waals surface area contributed by atoms with Crippen molar-refractivity contribution in [3.63, 3.8) is 0 Å². The Morgan fingerprint density at radius 1 is 1.03 bits per heavy atom. The van der Waals surface area contributed by atoms with Gasteiger partial charge in [0.25, 0.3) is 5.91 Å². The van der Waals surface area contributed by atoms with Crippen LogP contribution in [0.25, 0.3) is 16.9 Å². The molecule has 0 aliphatic rings. The number of carbonyl (C=O) groups excluding carboxylic acids is 1. The zero-order valence-electron chi connectivity index (χ0n) is 21.0. The molecule has 15 heteroatoms. The fraction of sp³-hybridized carbons (Fsp3) is 0.208. The summed E-state index contributed by atoms with van der Waals surface area (Å²) < 4.78 is 54.3. The van der Waals surface area contributed by atoms with E-state index in [1.807, 2.05) is 0 Å². The summed E-state index contributed by atoms with van der Waals surface area (Å²) in [5.74, 6) is 0.750. The van der Waals surface area contributed by atoms with Crippen molar-refractivity contribution in [2.45, 2.75) is 11.2 Å². The van der Waals surface area contributed by atoms with Crippen molar-refractivity contribution in [1.29, 1.82) is 0 Å². The molecule has 4 aromatic rings. The number of pyridine rings is 1. The Morgan fingerprint density at radius 2 is 1.74 bits per heavy atom. The zero-order chi connectivity index (χ0) is 28.2. The van der Waals surface area contributed by atoms with Gasteiger partial charge >= 0.3 is 6.18 Å². The number of nitrogens with one attached hydrogen (secondary N) is 2. The highest BCUT2D eigenvalue weighted by molar-refractivity contribution is 7.98. The maximum absolute atomic E-state index is 13.3. The number of benzene rings is 1. The normalized spacial score (nSPS) is 11.3. The molecule has 0 aliphatic heterocycles. The summed E-state index contributed by atoms with van der Waals surface area (Å²) in [6, 6.07) is 7.46. The number of halogens is 3. The van der Waals surface area contributed by atoms with E-state index in [1.165, 1.54) is 38.4 Å². The van der Waals surface area contributed by atoms with Crippen LogP contribution in [0.15, 0.2) is 53.9 Å². The molecule has 1 aromatic carbocycles. The molecule has 10 nitrogen and oxygen atoms in total. The molecule has 0 atom stereocenters. The Hall–Kier alpha value is -3.98. The molecular formula is C24H22F3N7O3S2. The molecule has 1 amide bonds. The summed E-state index contributed by atoms with van der Waals surface area (Å²) in [4.78, 5) is 25.8. The first-order valence-electron chi connectivity index (χ1n) is 11.0. The van der Waals surface area contributed by atoms with Gasteiger partial charge in [0.1, 0.15) is 16.5 Å². The molecule has 0 aliphatic carbocycles. The minimum atomic E-state index is -4.65. The lowest BCUT2D eigenvalue weighted by atomic mass is 10.1. The molecule has 0 radical (unpaired) electrons. The summed E-state index contributed by atoms with van der Waals surface area (Å²) in [5, 5.41) is 7.18. The van der Waals surface area contributed by atoms with Crippen molar-refractivity contribution in [3.05, 3.63) is 60.2 Å². The molecule has 39 heavy (non-hydrogen) atoms. The zero-order valence-corrected chi connectivity index (χ0v) is 22.7. The van der Waals surface area contributed by atoms with Gasteiger partial charge in [0.05, 0.1) is 19.8 Å². The lowest BCUT2D eigenvalue weighted by molar-refractivity contribution is -0.141. The quantitative estimate of drug-likeness (QED) is 0.202. The molecule has 0 unspecified atom stereocenters. The lowest BCUT2D eigenvalue weighted by Crippen LogP contribution is -2.17. The summed E-state index contributed by atoms with van der Waals surface area (Å²) in [5.41, 5.74) is 0.437. The lowest BCUT2D eigenvalue weighted by Gasteiger charge is -2.14. The van der Waals surface area contributed by atoms with Crippen LogP contribution in [0.1, 0.15) is 16.1 Å². The predicted octanol–water partition coefficient (Wildman–Crippen LogP) is 5.23. The van der Waals surface area contributed by atoms with Gasteiger partial charge in [-0.2, -0.15) is 23.3 Å². The SMILES string of the molecule is COc1cc(Nc2ncc(-c3cnc(SC)c(C(=O)NSC)c3)c(-n3ccc(C(F)(F)F)n3)n2)cc(OC)c1. The van der Waals surface area contributed by atoms with E-state index >= 15 is 0 Å². The Labute approximate surface area is 229 Å². The van der Waals surface area contributed by atoms with Crippen molar-refractivity contribution in [3.8, 4) is 28.4 Å². The van der Waals surface area contributed by atoms with Crippen LogP contribution >= 0.6 is 23.7 Å². The minimum Gasteiger partial charge on any atom is -0.497 e. The summed E-state index contributed by atoms with van der Waals surface area (Å²) in [6.45, 7) is 0. The highest BCUT2D eigenvalue weighted by Crippen LogP contribution is 2.33. The minimum absolute atomic E-state index is 0.0350. The fourth-order valence-electron chi connectivity index (χ4n) is 3.49. The first-order chi connectivity index (χ1) is 18.7. The van der Waals surface area contributed by atoms with Crippen molar-refractivity contribution in [2.75, 3.05) is 32.0 Å². The van der Waals surface area contributed by atoms with Gasteiger partial charge in [0.15, 0.2) is 11.5 Å². The first kappa shape index (κ1) is 28.0. The molecule has 4 rings (SSSR count). The topological polar surface area (TPSA) is 116 Å². The molecule has 3 aromatic heterocycles. The third kappa shape index (κ3) is 6.37. The Bertz CT molecular complexity index is 1480. The van der Waals surface area contributed by atoms with Crippen LogP contribution in [0.3, 0.4) is 0 Å². The molecule has 2 N–H and O–H groups in total. The fourth-order valence-corrected chi connectivity index (χ4v) is 4.31. The predicted molar refractivity (Wildman–Crippen MR) is 143 cm³/mol. The van der Waals surface area contributed by atoms with E-state index in [2.05, 4.69) is 30.1 Å². The number of hydrogen-bond donors (Lipinski definition) is 2. The van der Waals surface area contributed by atoms with E-state index in [0.29, 0.717) is 38.9 Å². The van der Waals surface area contributed by atoms with E-state index in [4.69, 9.17) is 9.47 Å². The Balaban J connectivity index is 1.84. The van der Waals surface area contributed by atoms with Gasteiger partial charge in [-0.05, 0) is 18.4 Å². The highest BCUT2D eigenvalue weighted by Gasteiger charge is 2.34. The number of hydrogen-bond acceptors (Lipinski definition) is 10. The highest BCUT2D eigenvalue weighted by atomic mass is 32.2. The molecular weight excluding hydrogens is 555 g/mol. The third-order valence-corrected chi connectivity index (χ3v) is 6.37. The summed E-state index contributed by atoms with van der Waals surface area (Å²) in [6.07, 6.45) is 2.91. The maximum Gasteiger partial charge on any atom is 0.435 e. The molecule has 0 saturated carbocycles. The van der Waals surface area contributed by atoms with Crippen molar-refractivity contribution < 1.29 is 27.4 Å². The Kier molecular flexibility index (Phi) is 8.50. The number of rotatable bonds is 9. The molecule has 0 spiro atoms. The van der Waals surface area contributed by atoms with Crippen LogP contribution in [0.2, 0.25) is 0 Å². The summed E-state index contributed by atoms with van der Waals surface area (Å²) in [7, 11) is 3.00. The van der Waals surface area contributed by atoms with Gasteiger partial charge in [-0.15, -0.1) is 11.8 Å². The van der Waals surface area contributed by atoms with Crippen molar-refractivity contribution >= 4 is 41.3 Å². The van der Waals surface area contributed by atoms with Crippen LogP contribution < -0.4 is 19.5 Å². The second-order valence-corrected chi connectivity index (χ2v) is 9.12. The Morgan fingerprint density at radius 3 is 2.33 bits per heavy atom. The van der Waals surface area contributed by atoms with Crippen molar-refractivity contribution in [1.82, 2.24) is 29.5 Å². The van der Waals surface area contributed by atoms with Crippen LogP contribution in [0.4, 0.5) is 24.8 Å². The number of thioether (sulfide) groups is 1. The van der Waals surface area contributed by atoms with E-state index in [9.17, 15) is 18.0 Å². The van der Waals surface area contributed by atoms with Crippen LogP contribution in [0.5, 0.6) is 11.5 Å². The first-order valence-corrected chi connectivity index (χ1v) is 13.5. The molecule has 0 bridgehead atoms. The molecule has 0 saturated heterocycles. The van der Waals surface area contributed by atoms with Gasteiger partial charge < -0.3 is 14.8 Å². The average Bonchev–Trinajstić information content (AvgIpc) is 3.44. The number of amides is 1. The standard InChI is InChI=1S/C24H22F3N7O3S2/c1-36-15-8-14(9-16(10-15)37-2)30-23-29-12-18(20(31-23)34-6-5-19(32-34)24(25,26)27)13-7-17(21(35)33-39-4)22(38-3)28-11-13/h5-12H,1-4H3,(H,33,35)(H,29,30,31). The van der Waals surface area contributed by atoms with Crippen LogP contribution in [-0.4, -0.2) is 57.4 Å². The summed E-state index contributed by atoms with van der Waals surface area (Å²) >= 11 is 2.41. The number of carbonyl (C=O) groups is 1. The van der Waals surface area contributed by atoms with E-state index in [-0.39, 0.29) is 17.7 Å². The number of aromatic nitrogens is 5. The number of methoxy groups -OCH3 is 2. The van der Waals surface area contributed by atoms with E-state index < -0.39 is 11.9 Å².